The topological polar surface area (TPSA) is 62.5 Å². The molecule has 0 N–H and O–H groups in total. The third kappa shape index (κ3) is 3.33. The highest BCUT2D eigenvalue weighted by Crippen LogP contribution is 2.19. The molecule has 1 aliphatic rings. The molecular formula is C15H22N2O4. The highest BCUT2D eigenvalue weighted by Gasteiger charge is 2.23. The molecule has 0 aliphatic carbocycles. The molecule has 1 aromatic rings. The van der Waals surface area contributed by atoms with Gasteiger partial charge in [0, 0.05) is 24.9 Å². The second-order valence-electron chi connectivity index (χ2n) is 5.07. The van der Waals surface area contributed by atoms with Crippen LogP contribution in [0.3, 0.4) is 0 Å². The molecule has 21 heavy (non-hydrogen) atoms. The Labute approximate surface area is 123 Å². The molecule has 0 spiro atoms. The van der Waals surface area contributed by atoms with Crippen LogP contribution in [0, 0.1) is 6.92 Å². The minimum atomic E-state index is -0.481. The number of rotatable bonds is 6. The number of nitrogens with zero attached hydrogens (tertiary/aromatic N) is 2. The van der Waals surface area contributed by atoms with E-state index in [2.05, 4.69) is 0 Å². The van der Waals surface area contributed by atoms with Gasteiger partial charge in [-0.25, -0.2) is 4.79 Å². The Hall–Kier alpha value is -1.66. The van der Waals surface area contributed by atoms with Gasteiger partial charge in [-0.05, 0) is 26.3 Å². The van der Waals surface area contributed by atoms with E-state index >= 15 is 0 Å². The van der Waals surface area contributed by atoms with Crippen LogP contribution in [0.1, 0.15) is 32.1 Å². The molecule has 2 atom stereocenters. The van der Waals surface area contributed by atoms with Gasteiger partial charge in [0.05, 0.1) is 6.61 Å². The molecule has 2 rings (SSSR count). The minimum absolute atomic E-state index is 0.159. The monoisotopic (exact) mass is 294 g/mol. The first-order chi connectivity index (χ1) is 10.1. The van der Waals surface area contributed by atoms with Gasteiger partial charge in [-0.2, -0.15) is 0 Å². The van der Waals surface area contributed by atoms with Gasteiger partial charge in [-0.15, -0.1) is 0 Å². The largest absolute Gasteiger partial charge is 0.379 e. The summed E-state index contributed by atoms with van der Waals surface area (Å²) < 4.78 is 13.8. The van der Waals surface area contributed by atoms with Crippen LogP contribution in [0.4, 0.5) is 0 Å². The summed E-state index contributed by atoms with van der Waals surface area (Å²) in [7, 11) is 0. The zero-order valence-corrected chi connectivity index (χ0v) is 12.7. The lowest BCUT2D eigenvalue weighted by Crippen LogP contribution is -2.42. The molecule has 1 aliphatic heterocycles. The van der Waals surface area contributed by atoms with E-state index < -0.39 is 6.23 Å². The molecule has 116 valence electrons. The highest BCUT2D eigenvalue weighted by atomic mass is 16.5. The maximum atomic E-state index is 12.4. The normalized spacial score (nSPS) is 21.1. The fourth-order valence-electron chi connectivity index (χ4n) is 2.34. The molecule has 2 heterocycles. The van der Waals surface area contributed by atoms with Crippen molar-refractivity contribution >= 4 is 0 Å². The molecule has 0 fully saturated rings. The van der Waals surface area contributed by atoms with Crippen LogP contribution in [-0.4, -0.2) is 28.5 Å². The molecular weight excluding hydrogens is 272 g/mol. The summed E-state index contributed by atoms with van der Waals surface area (Å²) in [5.41, 5.74) is -0.0292. The van der Waals surface area contributed by atoms with E-state index in [1.54, 1.807) is 13.1 Å². The summed E-state index contributed by atoms with van der Waals surface area (Å²) in [5, 5.41) is 0. The van der Waals surface area contributed by atoms with Crippen molar-refractivity contribution in [3.8, 4) is 0 Å². The van der Waals surface area contributed by atoms with Crippen molar-refractivity contribution in [1.82, 2.24) is 9.13 Å². The summed E-state index contributed by atoms with van der Waals surface area (Å²) in [6.45, 7) is 7.07. The SMILES string of the molecule is CCCn1c(=O)c(C)cn([C@H]2C=C[C@@H](COCC)O2)c1=O. The molecule has 0 aromatic carbocycles. The lowest BCUT2D eigenvalue weighted by atomic mass is 10.3. The summed E-state index contributed by atoms with van der Waals surface area (Å²) >= 11 is 0. The van der Waals surface area contributed by atoms with Crippen LogP contribution in [0.25, 0.3) is 0 Å². The molecule has 6 heteroatoms. The van der Waals surface area contributed by atoms with Crippen molar-refractivity contribution in [1.29, 1.82) is 0 Å². The number of hydrogen-bond acceptors (Lipinski definition) is 4. The van der Waals surface area contributed by atoms with E-state index in [1.807, 2.05) is 26.0 Å². The quantitative estimate of drug-likeness (QED) is 0.740. The highest BCUT2D eigenvalue weighted by molar-refractivity contribution is 5.07. The third-order valence-corrected chi connectivity index (χ3v) is 3.38. The lowest BCUT2D eigenvalue weighted by Gasteiger charge is -2.18. The van der Waals surface area contributed by atoms with Crippen LogP contribution >= 0.6 is 0 Å². The minimum Gasteiger partial charge on any atom is -0.379 e. The van der Waals surface area contributed by atoms with Crippen LogP contribution in [0.2, 0.25) is 0 Å². The van der Waals surface area contributed by atoms with E-state index in [9.17, 15) is 9.59 Å². The maximum absolute atomic E-state index is 12.4. The van der Waals surface area contributed by atoms with Crippen molar-refractivity contribution in [2.45, 2.75) is 46.1 Å². The second kappa shape index (κ2) is 6.87. The average molecular weight is 294 g/mol. The summed E-state index contributed by atoms with van der Waals surface area (Å²) in [4.78, 5) is 24.4. The van der Waals surface area contributed by atoms with Gasteiger partial charge in [-0.1, -0.05) is 13.0 Å². The first kappa shape index (κ1) is 15.7. The summed E-state index contributed by atoms with van der Waals surface area (Å²) in [5.74, 6) is 0. The zero-order chi connectivity index (χ0) is 15.4. The van der Waals surface area contributed by atoms with E-state index in [0.717, 1.165) is 6.42 Å². The van der Waals surface area contributed by atoms with Gasteiger partial charge in [0.2, 0.25) is 0 Å². The van der Waals surface area contributed by atoms with Crippen molar-refractivity contribution < 1.29 is 9.47 Å². The Morgan fingerprint density at radius 3 is 2.71 bits per heavy atom. The molecule has 6 nitrogen and oxygen atoms in total. The van der Waals surface area contributed by atoms with Gasteiger partial charge in [-0.3, -0.25) is 13.9 Å². The van der Waals surface area contributed by atoms with Crippen molar-refractivity contribution in [2.24, 2.45) is 0 Å². The van der Waals surface area contributed by atoms with E-state index in [4.69, 9.17) is 9.47 Å². The van der Waals surface area contributed by atoms with Gasteiger partial charge < -0.3 is 9.47 Å². The van der Waals surface area contributed by atoms with Crippen LogP contribution in [0.5, 0.6) is 0 Å². The van der Waals surface area contributed by atoms with Crippen molar-refractivity contribution in [3.05, 3.63) is 44.8 Å². The van der Waals surface area contributed by atoms with E-state index in [0.29, 0.717) is 25.3 Å². The first-order valence-corrected chi connectivity index (χ1v) is 7.32. The van der Waals surface area contributed by atoms with Crippen molar-refractivity contribution in [2.75, 3.05) is 13.2 Å². The Kier molecular flexibility index (Phi) is 5.14. The Morgan fingerprint density at radius 1 is 1.29 bits per heavy atom. The van der Waals surface area contributed by atoms with Crippen LogP contribution < -0.4 is 11.2 Å². The number of aryl methyl sites for hydroxylation is 1. The van der Waals surface area contributed by atoms with Gasteiger partial charge in [0.15, 0.2) is 6.23 Å². The van der Waals surface area contributed by atoms with Gasteiger partial charge in [0.25, 0.3) is 5.56 Å². The number of ether oxygens (including phenoxy) is 2. The maximum Gasteiger partial charge on any atom is 0.333 e. The fraction of sp³-hybridized carbons (Fsp3) is 0.600. The van der Waals surface area contributed by atoms with E-state index in [-0.39, 0.29) is 17.4 Å². The fourth-order valence-corrected chi connectivity index (χ4v) is 2.34. The number of aromatic nitrogens is 2. The molecule has 0 radical (unpaired) electrons. The van der Waals surface area contributed by atoms with Crippen molar-refractivity contribution in [3.63, 3.8) is 0 Å². The predicted octanol–water partition coefficient (Wildman–Crippen LogP) is 1.22. The molecule has 1 aromatic heterocycles. The summed E-state index contributed by atoms with van der Waals surface area (Å²) in [6, 6.07) is 0. The molecule has 0 amide bonds. The first-order valence-electron chi connectivity index (χ1n) is 7.32. The molecule has 0 saturated heterocycles. The standard InChI is InChI=1S/C15H22N2O4/c1-4-8-16-14(18)11(3)9-17(15(16)19)13-7-6-12(21-13)10-20-5-2/h6-7,9,12-13H,4-5,8,10H2,1-3H3/t12-,13+/m0/s1. The predicted molar refractivity (Wildman–Crippen MR) is 79.5 cm³/mol. The summed E-state index contributed by atoms with van der Waals surface area (Å²) in [6.07, 6.45) is 5.36. The van der Waals surface area contributed by atoms with Crippen LogP contribution in [0.15, 0.2) is 27.9 Å². The van der Waals surface area contributed by atoms with Crippen LogP contribution in [-0.2, 0) is 16.0 Å². The Morgan fingerprint density at radius 2 is 2.05 bits per heavy atom. The zero-order valence-electron chi connectivity index (χ0n) is 12.7. The smallest absolute Gasteiger partial charge is 0.333 e. The van der Waals surface area contributed by atoms with Gasteiger partial charge in [0.1, 0.15) is 6.10 Å². The lowest BCUT2D eigenvalue weighted by molar-refractivity contribution is -0.0288. The van der Waals surface area contributed by atoms with E-state index in [1.165, 1.54) is 9.13 Å². The number of hydrogen-bond donors (Lipinski definition) is 0. The molecule has 0 bridgehead atoms. The van der Waals surface area contributed by atoms with Gasteiger partial charge >= 0.3 is 5.69 Å². The Balaban J connectivity index is 2.28. The Bertz CT molecular complexity index is 630. The molecule has 0 unspecified atom stereocenters. The average Bonchev–Trinajstić information content (AvgIpc) is 2.94. The third-order valence-electron chi connectivity index (χ3n) is 3.38. The second-order valence-corrected chi connectivity index (χ2v) is 5.07. The molecule has 0 saturated carbocycles.